The van der Waals surface area contributed by atoms with E-state index in [1.165, 1.54) is 0 Å². The van der Waals surface area contributed by atoms with Crippen molar-refractivity contribution in [3.63, 3.8) is 0 Å². The molecule has 1 heterocycles. The van der Waals surface area contributed by atoms with Crippen molar-refractivity contribution in [2.45, 2.75) is 0 Å². The molecule has 0 spiro atoms. The second kappa shape index (κ2) is 6.68. The Morgan fingerprint density at radius 1 is 0.864 bits per heavy atom. The first-order chi connectivity index (χ1) is 10.9. The number of rotatable bonds is 4. The molecule has 0 amide bonds. The molecule has 22 heavy (non-hydrogen) atoms. The van der Waals surface area contributed by atoms with Crippen LogP contribution in [-0.4, -0.2) is 17.8 Å². The molecule has 0 saturated carbocycles. The van der Waals surface area contributed by atoms with Crippen LogP contribution in [-0.2, 0) is 0 Å². The molecule has 3 rings (SSSR count). The highest BCUT2D eigenvalue weighted by Crippen LogP contribution is 2.20. The summed E-state index contributed by atoms with van der Waals surface area (Å²) in [6.45, 7) is 0. The molecular weight excluding hydrogens is 272 g/mol. The second-order valence-electron chi connectivity index (χ2n) is 4.74. The van der Waals surface area contributed by atoms with Gasteiger partial charge < -0.3 is 4.74 Å². The third-order valence-corrected chi connectivity index (χ3v) is 3.27. The lowest BCUT2D eigenvalue weighted by atomic mass is 10.1. The fourth-order valence-corrected chi connectivity index (χ4v) is 2.15. The van der Waals surface area contributed by atoms with Crippen LogP contribution in [0.2, 0.25) is 0 Å². The first-order valence-corrected chi connectivity index (χ1v) is 7.06. The number of hydrogen-bond acceptors (Lipinski definition) is 3. The molecule has 0 aliphatic rings. The van der Waals surface area contributed by atoms with E-state index in [2.05, 4.69) is 4.98 Å². The quantitative estimate of drug-likeness (QED) is 0.672. The summed E-state index contributed by atoms with van der Waals surface area (Å²) in [4.78, 5) is 9.20. The van der Waals surface area contributed by atoms with E-state index in [-0.39, 0.29) is 0 Å². The summed E-state index contributed by atoms with van der Waals surface area (Å²) in [6.07, 6.45) is 1.78. The van der Waals surface area contributed by atoms with Crippen molar-refractivity contribution in [1.82, 2.24) is 4.98 Å². The van der Waals surface area contributed by atoms with E-state index in [1.54, 1.807) is 13.3 Å². The molecular formula is C19H16N2O. The van der Waals surface area contributed by atoms with Crippen molar-refractivity contribution in [3.05, 3.63) is 90.3 Å². The molecule has 0 aliphatic heterocycles. The summed E-state index contributed by atoms with van der Waals surface area (Å²) in [7, 11) is 1.65. The van der Waals surface area contributed by atoms with Gasteiger partial charge in [-0.3, -0.25) is 4.98 Å². The Morgan fingerprint density at radius 2 is 1.59 bits per heavy atom. The molecule has 2 aromatic carbocycles. The molecule has 0 N–H and O–H groups in total. The minimum atomic E-state index is 0.818. The van der Waals surface area contributed by atoms with Crippen molar-refractivity contribution in [2.24, 2.45) is 4.99 Å². The van der Waals surface area contributed by atoms with Gasteiger partial charge in [-0.25, -0.2) is 4.99 Å². The molecule has 0 fully saturated rings. The van der Waals surface area contributed by atoms with Crippen LogP contribution in [0.3, 0.4) is 0 Å². The zero-order chi connectivity index (χ0) is 15.2. The predicted molar refractivity (Wildman–Crippen MR) is 89.0 cm³/mol. The monoisotopic (exact) mass is 288 g/mol. The molecule has 3 heteroatoms. The van der Waals surface area contributed by atoms with E-state index in [1.807, 2.05) is 72.8 Å². The Bertz CT molecular complexity index is 709. The van der Waals surface area contributed by atoms with Crippen molar-refractivity contribution in [1.29, 1.82) is 0 Å². The molecule has 0 atom stereocenters. The second-order valence-corrected chi connectivity index (χ2v) is 4.74. The van der Waals surface area contributed by atoms with Gasteiger partial charge in [0.2, 0.25) is 0 Å². The molecule has 0 bridgehead atoms. The molecule has 108 valence electrons. The number of hydrogen-bond donors (Lipinski definition) is 0. The summed E-state index contributed by atoms with van der Waals surface area (Å²) in [5.41, 5.74) is 3.61. The van der Waals surface area contributed by atoms with Crippen LogP contribution in [0, 0.1) is 0 Å². The van der Waals surface area contributed by atoms with Crippen molar-refractivity contribution in [3.8, 4) is 5.75 Å². The number of aliphatic imine (C=N–C) groups is 1. The van der Waals surface area contributed by atoms with Crippen LogP contribution in [0.25, 0.3) is 0 Å². The van der Waals surface area contributed by atoms with Crippen molar-refractivity contribution < 1.29 is 4.74 Å². The van der Waals surface area contributed by atoms with E-state index in [9.17, 15) is 0 Å². The maximum absolute atomic E-state index is 5.18. The lowest BCUT2D eigenvalue weighted by Crippen LogP contribution is -2.04. The van der Waals surface area contributed by atoms with Gasteiger partial charge in [0.1, 0.15) is 5.75 Å². The third-order valence-electron chi connectivity index (χ3n) is 3.27. The standard InChI is InChI=1S/C19H16N2O/c1-22-17-12-10-16(11-13-17)21-19(15-7-3-2-4-8-15)18-9-5-6-14-20-18/h2-14H,1H3. The van der Waals surface area contributed by atoms with Gasteiger partial charge in [-0.1, -0.05) is 36.4 Å². The highest BCUT2D eigenvalue weighted by molar-refractivity contribution is 6.12. The maximum atomic E-state index is 5.18. The lowest BCUT2D eigenvalue weighted by Gasteiger charge is -2.07. The van der Waals surface area contributed by atoms with Gasteiger partial charge in [-0.05, 0) is 36.4 Å². The molecule has 3 aromatic rings. The summed E-state index contributed by atoms with van der Waals surface area (Å²) < 4.78 is 5.18. The summed E-state index contributed by atoms with van der Waals surface area (Å²) >= 11 is 0. The molecule has 3 nitrogen and oxygen atoms in total. The minimum absolute atomic E-state index is 0.818. The fourth-order valence-electron chi connectivity index (χ4n) is 2.15. The Morgan fingerprint density at radius 3 is 2.23 bits per heavy atom. The van der Waals surface area contributed by atoms with Gasteiger partial charge in [0.05, 0.1) is 24.2 Å². The van der Waals surface area contributed by atoms with Crippen LogP contribution in [0.15, 0.2) is 84.0 Å². The third kappa shape index (κ3) is 3.20. The van der Waals surface area contributed by atoms with Crippen LogP contribution >= 0.6 is 0 Å². The highest BCUT2D eigenvalue weighted by atomic mass is 16.5. The van der Waals surface area contributed by atoms with Gasteiger partial charge >= 0.3 is 0 Å². The van der Waals surface area contributed by atoms with Crippen LogP contribution in [0.4, 0.5) is 5.69 Å². The number of pyridine rings is 1. The fraction of sp³-hybridized carbons (Fsp3) is 0.0526. The molecule has 0 saturated heterocycles. The van der Waals surface area contributed by atoms with E-state index in [0.29, 0.717) is 0 Å². The Balaban J connectivity index is 2.06. The summed E-state index contributed by atoms with van der Waals surface area (Å²) in [6, 6.07) is 23.6. The van der Waals surface area contributed by atoms with Gasteiger partial charge in [0, 0.05) is 11.8 Å². The van der Waals surface area contributed by atoms with Crippen LogP contribution < -0.4 is 4.74 Å². The maximum Gasteiger partial charge on any atom is 0.119 e. The Kier molecular flexibility index (Phi) is 4.25. The molecule has 0 radical (unpaired) electrons. The van der Waals surface area contributed by atoms with Gasteiger partial charge in [-0.15, -0.1) is 0 Å². The summed E-state index contributed by atoms with van der Waals surface area (Å²) in [5.74, 6) is 0.818. The number of benzene rings is 2. The Hall–Kier alpha value is -2.94. The normalized spacial score (nSPS) is 11.2. The molecule has 0 unspecified atom stereocenters. The first kappa shape index (κ1) is 14.0. The number of ether oxygens (including phenoxy) is 1. The highest BCUT2D eigenvalue weighted by Gasteiger charge is 2.08. The topological polar surface area (TPSA) is 34.5 Å². The number of methoxy groups -OCH3 is 1. The zero-order valence-corrected chi connectivity index (χ0v) is 12.3. The molecule has 1 aromatic heterocycles. The van der Waals surface area contributed by atoms with E-state index < -0.39 is 0 Å². The average molecular weight is 288 g/mol. The zero-order valence-electron chi connectivity index (χ0n) is 12.3. The van der Waals surface area contributed by atoms with Crippen LogP contribution in [0.5, 0.6) is 5.75 Å². The van der Waals surface area contributed by atoms with Crippen molar-refractivity contribution >= 4 is 11.4 Å². The van der Waals surface area contributed by atoms with Gasteiger partial charge in [0.25, 0.3) is 0 Å². The van der Waals surface area contributed by atoms with Crippen LogP contribution in [0.1, 0.15) is 11.3 Å². The van der Waals surface area contributed by atoms with Gasteiger partial charge in [0.15, 0.2) is 0 Å². The minimum Gasteiger partial charge on any atom is -0.497 e. The summed E-state index contributed by atoms with van der Waals surface area (Å²) in [5, 5.41) is 0. The van der Waals surface area contributed by atoms with E-state index in [4.69, 9.17) is 9.73 Å². The number of aromatic nitrogens is 1. The first-order valence-electron chi connectivity index (χ1n) is 7.06. The smallest absolute Gasteiger partial charge is 0.119 e. The Labute approximate surface area is 130 Å². The molecule has 0 aliphatic carbocycles. The SMILES string of the molecule is COc1ccc(N=C(c2ccccc2)c2ccccn2)cc1. The largest absolute Gasteiger partial charge is 0.497 e. The van der Waals surface area contributed by atoms with E-state index in [0.717, 1.165) is 28.4 Å². The van der Waals surface area contributed by atoms with Crippen molar-refractivity contribution in [2.75, 3.05) is 7.11 Å². The average Bonchev–Trinajstić information content (AvgIpc) is 2.62. The van der Waals surface area contributed by atoms with Gasteiger partial charge in [-0.2, -0.15) is 0 Å². The van der Waals surface area contributed by atoms with E-state index >= 15 is 0 Å². The lowest BCUT2D eigenvalue weighted by molar-refractivity contribution is 0.415. The number of nitrogens with zero attached hydrogens (tertiary/aromatic N) is 2. The predicted octanol–water partition coefficient (Wildman–Crippen LogP) is 4.26.